The molecule has 1 unspecified atom stereocenters. The summed E-state index contributed by atoms with van der Waals surface area (Å²) in [6.45, 7) is 0. The molecule has 1 nitrogen and oxygen atoms in total. The third kappa shape index (κ3) is 3.32. The summed E-state index contributed by atoms with van der Waals surface area (Å²) in [5.41, 5.74) is 1.12. The number of halogens is 4. The standard InChI is InChI=1S/C14H10BrClF2O/c15-14-9(2-1-3-12(14)18)13(19)7-8-4-5-11(17)10(16)6-8/h1-6,13,19H,7H2. The largest absolute Gasteiger partial charge is 0.388 e. The Morgan fingerprint density at radius 1 is 1.16 bits per heavy atom. The van der Waals surface area contributed by atoms with Crippen LogP contribution in [-0.4, -0.2) is 5.11 Å². The van der Waals surface area contributed by atoms with Crippen LogP contribution in [0.2, 0.25) is 5.02 Å². The molecule has 0 spiro atoms. The number of aliphatic hydroxyl groups is 1. The van der Waals surface area contributed by atoms with E-state index in [0.717, 1.165) is 0 Å². The maximum absolute atomic E-state index is 13.4. The molecule has 0 aliphatic rings. The fourth-order valence-corrected chi connectivity index (χ4v) is 2.51. The van der Waals surface area contributed by atoms with Gasteiger partial charge in [0.25, 0.3) is 0 Å². The number of aliphatic hydroxyl groups excluding tert-OH is 1. The minimum absolute atomic E-state index is 0.00279. The minimum Gasteiger partial charge on any atom is -0.388 e. The van der Waals surface area contributed by atoms with Gasteiger partial charge >= 0.3 is 0 Å². The summed E-state index contributed by atoms with van der Waals surface area (Å²) in [6, 6.07) is 8.68. The number of benzene rings is 2. The highest BCUT2D eigenvalue weighted by atomic mass is 79.9. The molecule has 0 fully saturated rings. The number of rotatable bonds is 3. The fourth-order valence-electron chi connectivity index (χ4n) is 1.78. The molecule has 0 aliphatic carbocycles. The molecule has 19 heavy (non-hydrogen) atoms. The van der Waals surface area contributed by atoms with Gasteiger partial charge in [-0.25, -0.2) is 8.78 Å². The summed E-state index contributed by atoms with van der Waals surface area (Å²) in [4.78, 5) is 0. The summed E-state index contributed by atoms with van der Waals surface area (Å²) in [6.07, 6.45) is -0.672. The van der Waals surface area contributed by atoms with Crippen molar-refractivity contribution in [3.8, 4) is 0 Å². The normalized spacial score (nSPS) is 12.5. The van der Waals surface area contributed by atoms with Gasteiger partial charge in [-0.1, -0.05) is 29.8 Å². The molecular formula is C14H10BrClF2O. The van der Waals surface area contributed by atoms with Gasteiger partial charge in [0.05, 0.1) is 15.6 Å². The number of hydrogen-bond donors (Lipinski definition) is 1. The van der Waals surface area contributed by atoms with Gasteiger partial charge in [-0.2, -0.15) is 0 Å². The van der Waals surface area contributed by atoms with Gasteiger partial charge in [-0.3, -0.25) is 0 Å². The summed E-state index contributed by atoms with van der Waals surface area (Å²) in [7, 11) is 0. The lowest BCUT2D eigenvalue weighted by Crippen LogP contribution is -2.04. The van der Waals surface area contributed by atoms with Crippen molar-refractivity contribution in [2.45, 2.75) is 12.5 Å². The van der Waals surface area contributed by atoms with E-state index in [2.05, 4.69) is 15.9 Å². The first kappa shape index (κ1) is 14.4. The zero-order chi connectivity index (χ0) is 14.0. The van der Waals surface area contributed by atoms with Crippen LogP contribution in [0, 0.1) is 11.6 Å². The summed E-state index contributed by atoms with van der Waals surface area (Å²) in [5.74, 6) is -0.944. The van der Waals surface area contributed by atoms with Crippen LogP contribution in [0.15, 0.2) is 40.9 Å². The average Bonchev–Trinajstić information content (AvgIpc) is 2.37. The predicted molar refractivity (Wildman–Crippen MR) is 74.2 cm³/mol. The topological polar surface area (TPSA) is 20.2 Å². The minimum atomic E-state index is -0.897. The van der Waals surface area contributed by atoms with Crippen molar-refractivity contribution in [1.29, 1.82) is 0 Å². The highest BCUT2D eigenvalue weighted by Crippen LogP contribution is 2.29. The molecule has 2 aromatic rings. The lowest BCUT2D eigenvalue weighted by Gasteiger charge is -2.13. The Balaban J connectivity index is 2.23. The predicted octanol–water partition coefficient (Wildman–Crippen LogP) is 4.66. The van der Waals surface area contributed by atoms with Gasteiger partial charge in [-0.05, 0) is 45.3 Å². The maximum Gasteiger partial charge on any atom is 0.141 e. The van der Waals surface area contributed by atoms with Crippen molar-refractivity contribution in [2.24, 2.45) is 0 Å². The van der Waals surface area contributed by atoms with Gasteiger partial charge in [0, 0.05) is 6.42 Å². The Morgan fingerprint density at radius 2 is 1.89 bits per heavy atom. The lowest BCUT2D eigenvalue weighted by atomic mass is 10.0. The third-order valence-corrected chi connectivity index (χ3v) is 3.88. The molecule has 0 radical (unpaired) electrons. The lowest BCUT2D eigenvalue weighted by molar-refractivity contribution is 0.177. The van der Waals surface area contributed by atoms with E-state index in [1.54, 1.807) is 6.07 Å². The van der Waals surface area contributed by atoms with E-state index < -0.39 is 17.7 Å². The van der Waals surface area contributed by atoms with Crippen molar-refractivity contribution in [3.05, 3.63) is 68.7 Å². The molecule has 2 rings (SSSR count). The van der Waals surface area contributed by atoms with Crippen LogP contribution in [0.1, 0.15) is 17.2 Å². The first-order valence-corrected chi connectivity index (χ1v) is 6.72. The maximum atomic E-state index is 13.4. The average molecular weight is 348 g/mol. The zero-order valence-corrected chi connectivity index (χ0v) is 12.0. The van der Waals surface area contributed by atoms with Crippen molar-refractivity contribution < 1.29 is 13.9 Å². The molecule has 0 aromatic heterocycles. The van der Waals surface area contributed by atoms with E-state index in [0.29, 0.717) is 11.1 Å². The Hall–Kier alpha value is -0.970. The summed E-state index contributed by atoms with van der Waals surface area (Å²) < 4.78 is 26.6. The Kier molecular flexibility index (Phi) is 4.55. The Bertz CT molecular complexity index is 604. The Labute approximate surface area is 123 Å². The van der Waals surface area contributed by atoms with Crippen LogP contribution in [0.5, 0.6) is 0 Å². The first-order chi connectivity index (χ1) is 8.99. The Morgan fingerprint density at radius 3 is 2.58 bits per heavy atom. The van der Waals surface area contributed by atoms with Crippen LogP contribution < -0.4 is 0 Å². The highest BCUT2D eigenvalue weighted by molar-refractivity contribution is 9.10. The van der Waals surface area contributed by atoms with Gasteiger partial charge < -0.3 is 5.11 Å². The second kappa shape index (κ2) is 5.99. The van der Waals surface area contributed by atoms with Crippen molar-refractivity contribution in [1.82, 2.24) is 0 Å². The molecule has 5 heteroatoms. The van der Waals surface area contributed by atoms with Gasteiger partial charge in [0.1, 0.15) is 11.6 Å². The van der Waals surface area contributed by atoms with Crippen LogP contribution in [-0.2, 0) is 6.42 Å². The molecule has 0 aliphatic heterocycles. The quantitative estimate of drug-likeness (QED) is 0.856. The van der Waals surface area contributed by atoms with Gasteiger partial charge in [-0.15, -0.1) is 0 Å². The summed E-state index contributed by atoms with van der Waals surface area (Å²) in [5, 5.41) is 10.1. The van der Waals surface area contributed by atoms with Crippen molar-refractivity contribution >= 4 is 27.5 Å². The van der Waals surface area contributed by atoms with Gasteiger partial charge in [0.2, 0.25) is 0 Å². The molecule has 0 amide bonds. The second-order valence-corrected chi connectivity index (χ2v) is 5.31. The van der Waals surface area contributed by atoms with E-state index in [4.69, 9.17) is 11.6 Å². The SMILES string of the molecule is OC(Cc1ccc(F)c(Cl)c1)c1cccc(F)c1Br. The van der Waals surface area contributed by atoms with E-state index in [1.807, 2.05) is 0 Å². The first-order valence-electron chi connectivity index (χ1n) is 5.55. The van der Waals surface area contributed by atoms with E-state index >= 15 is 0 Å². The van der Waals surface area contributed by atoms with Crippen LogP contribution in [0.25, 0.3) is 0 Å². The smallest absolute Gasteiger partial charge is 0.141 e. The van der Waals surface area contributed by atoms with Crippen LogP contribution >= 0.6 is 27.5 Å². The molecule has 100 valence electrons. The van der Waals surface area contributed by atoms with Crippen molar-refractivity contribution in [3.63, 3.8) is 0 Å². The van der Waals surface area contributed by atoms with Crippen LogP contribution in [0.3, 0.4) is 0 Å². The second-order valence-electron chi connectivity index (χ2n) is 4.11. The molecular weight excluding hydrogens is 338 g/mol. The molecule has 1 N–H and O–H groups in total. The van der Waals surface area contributed by atoms with Crippen LogP contribution in [0.4, 0.5) is 8.78 Å². The van der Waals surface area contributed by atoms with Crippen molar-refractivity contribution in [2.75, 3.05) is 0 Å². The third-order valence-electron chi connectivity index (χ3n) is 2.75. The molecule has 1 atom stereocenters. The zero-order valence-electron chi connectivity index (χ0n) is 9.71. The fraction of sp³-hybridized carbons (Fsp3) is 0.143. The van der Waals surface area contributed by atoms with E-state index in [9.17, 15) is 13.9 Å². The van der Waals surface area contributed by atoms with E-state index in [1.165, 1.54) is 30.3 Å². The molecule has 0 heterocycles. The molecule has 0 saturated carbocycles. The monoisotopic (exact) mass is 346 g/mol. The molecule has 0 bridgehead atoms. The number of hydrogen-bond acceptors (Lipinski definition) is 1. The molecule has 0 saturated heterocycles. The molecule has 2 aromatic carbocycles. The summed E-state index contributed by atoms with van der Waals surface area (Å²) >= 11 is 8.77. The van der Waals surface area contributed by atoms with Gasteiger partial charge in [0.15, 0.2) is 0 Å². The van der Waals surface area contributed by atoms with E-state index in [-0.39, 0.29) is 15.9 Å². The highest BCUT2D eigenvalue weighted by Gasteiger charge is 2.15.